The Morgan fingerprint density at radius 1 is 1.04 bits per heavy atom. The molecule has 0 saturated carbocycles. The Morgan fingerprint density at radius 2 is 1.68 bits per heavy atom. The van der Waals surface area contributed by atoms with Gasteiger partial charge in [0.1, 0.15) is 0 Å². The maximum Gasteiger partial charge on any atom is 0.193 e. The Kier molecular flexibility index (Phi) is 6.55. The van der Waals surface area contributed by atoms with Gasteiger partial charge in [-0.2, -0.15) is 0 Å². The molecular formula is C22H31IOSi. The minimum Gasteiger partial charge on any atom is -0.408 e. The maximum absolute atomic E-state index is 6.94. The van der Waals surface area contributed by atoms with Crippen molar-refractivity contribution in [1.82, 2.24) is 0 Å². The number of hydrogen-bond donors (Lipinski definition) is 0. The third-order valence-electron chi connectivity index (χ3n) is 5.55. The van der Waals surface area contributed by atoms with E-state index in [9.17, 15) is 0 Å². The lowest BCUT2D eigenvalue weighted by molar-refractivity contribution is 0.0982. The van der Waals surface area contributed by atoms with Gasteiger partial charge in [-0.15, -0.1) is 0 Å². The summed E-state index contributed by atoms with van der Waals surface area (Å²) < 4.78 is 9.06. The average Bonchev–Trinajstić information content (AvgIpc) is 2.53. The van der Waals surface area contributed by atoms with Crippen molar-refractivity contribution < 1.29 is 4.43 Å². The lowest BCUT2D eigenvalue weighted by Gasteiger charge is -2.44. The van der Waals surface area contributed by atoms with E-state index in [0.29, 0.717) is 0 Å². The fourth-order valence-corrected chi connectivity index (χ4v) is 5.18. The van der Waals surface area contributed by atoms with E-state index in [1.54, 1.807) is 0 Å². The summed E-state index contributed by atoms with van der Waals surface area (Å²) in [6, 6.07) is 15.4. The summed E-state index contributed by atoms with van der Waals surface area (Å²) in [6.07, 6.45) is 4.16. The van der Waals surface area contributed by atoms with Crippen molar-refractivity contribution in [2.24, 2.45) is 0 Å². The minimum atomic E-state index is -1.86. The predicted molar refractivity (Wildman–Crippen MR) is 122 cm³/mol. The minimum absolute atomic E-state index is 0.204. The van der Waals surface area contributed by atoms with Crippen molar-refractivity contribution in [3.8, 4) is 0 Å². The molecule has 0 bridgehead atoms. The highest BCUT2D eigenvalue weighted by molar-refractivity contribution is 14.1. The molecule has 0 spiro atoms. The number of benzene rings is 2. The van der Waals surface area contributed by atoms with Gasteiger partial charge < -0.3 is 4.43 Å². The molecule has 0 fully saturated rings. The van der Waals surface area contributed by atoms with Crippen LogP contribution in [0.5, 0.6) is 0 Å². The zero-order valence-electron chi connectivity index (χ0n) is 16.4. The Balaban J connectivity index is 2.39. The molecule has 0 aliphatic heterocycles. The Hall–Kier alpha value is -0.653. The molecule has 0 heterocycles. The van der Waals surface area contributed by atoms with Crippen molar-refractivity contribution in [1.29, 1.82) is 0 Å². The normalized spacial score (nSPS) is 15.6. The molecule has 1 nitrogen and oxygen atoms in total. The van der Waals surface area contributed by atoms with Crippen LogP contribution >= 0.6 is 22.6 Å². The smallest absolute Gasteiger partial charge is 0.193 e. The van der Waals surface area contributed by atoms with Gasteiger partial charge in [-0.05, 0) is 51.0 Å². The first-order valence-corrected chi connectivity index (χ1v) is 13.2. The molecule has 136 valence electrons. The van der Waals surface area contributed by atoms with E-state index in [4.69, 9.17) is 4.43 Å². The van der Waals surface area contributed by atoms with Crippen LogP contribution in [0.4, 0.5) is 0 Å². The first-order valence-electron chi connectivity index (χ1n) is 9.08. The van der Waals surface area contributed by atoms with Crippen LogP contribution in [0.2, 0.25) is 18.1 Å². The van der Waals surface area contributed by atoms with Crippen molar-refractivity contribution in [3.63, 3.8) is 0 Å². The highest BCUT2D eigenvalue weighted by atomic mass is 127. The van der Waals surface area contributed by atoms with Gasteiger partial charge in [-0.1, -0.05) is 92.8 Å². The van der Waals surface area contributed by atoms with Crippen molar-refractivity contribution in [2.75, 3.05) is 0 Å². The summed E-state index contributed by atoms with van der Waals surface area (Å²) in [5, 5.41) is 2.80. The maximum atomic E-state index is 6.94. The van der Waals surface area contributed by atoms with Crippen molar-refractivity contribution in [3.05, 3.63) is 58.2 Å². The number of rotatable bonds is 6. The van der Waals surface area contributed by atoms with Gasteiger partial charge in [0.05, 0.1) is 5.60 Å². The van der Waals surface area contributed by atoms with E-state index in [1.165, 1.54) is 16.3 Å². The van der Waals surface area contributed by atoms with Gasteiger partial charge in [0.15, 0.2) is 8.32 Å². The summed E-state index contributed by atoms with van der Waals surface area (Å²) in [7, 11) is -1.86. The van der Waals surface area contributed by atoms with Gasteiger partial charge in [-0.3, -0.25) is 0 Å². The van der Waals surface area contributed by atoms with E-state index in [0.717, 1.165) is 12.8 Å². The van der Waals surface area contributed by atoms with Crippen LogP contribution in [0.25, 0.3) is 10.8 Å². The zero-order chi connectivity index (χ0) is 18.7. The first-order chi connectivity index (χ1) is 11.6. The van der Waals surface area contributed by atoms with Crippen LogP contribution in [-0.4, -0.2) is 13.9 Å². The van der Waals surface area contributed by atoms with Crippen LogP contribution in [0.3, 0.4) is 0 Å². The fraction of sp³-hybridized carbons (Fsp3) is 0.455. The SMILES string of the molecule is CCC(/C=C/I)(Cc1ccc2ccccc2c1)O[Si](C)(C)C(C)(C)C. The summed E-state index contributed by atoms with van der Waals surface area (Å²) in [5.41, 5.74) is 1.11. The molecule has 0 radical (unpaired) electrons. The van der Waals surface area contributed by atoms with Crippen molar-refractivity contribution in [2.45, 2.75) is 64.3 Å². The molecule has 0 saturated heterocycles. The standard InChI is InChI=1S/C22H31IOSi/c1-7-22(14-15-23,24-25(5,6)21(2,3)4)17-18-12-13-19-10-8-9-11-20(19)16-18/h8-16H,7,17H2,1-6H3/b15-14+. The van der Waals surface area contributed by atoms with Gasteiger partial charge in [0.2, 0.25) is 0 Å². The lowest BCUT2D eigenvalue weighted by atomic mass is 9.91. The Morgan fingerprint density at radius 3 is 2.24 bits per heavy atom. The van der Waals surface area contributed by atoms with Crippen molar-refractivity contribution >= 4 is 41.7 Å². The van der Waals surface area contributed by atoms with E-state index >= 15 is 0 Å². The molecule has 0 N–H and O–H groups in total. The zero-order valence-corrected chi connectivity index (χ0v) is 19.6. The first kappa shape index (κ1) is 20.7. The van der Waals surface area contributed by atoms with Crippen LogP contribution in [-0.2, 0) is 10.8 Å². The number of hydrogen-bond acceptors (Lipinski definition) is 1. The van der Waals surface area contributed by atoms with E-state index in [-0.39, 0.29) is 10.6 Å². The molecule has 0 amide bonds. The van der Waals surface area contributed by atoms with Gasteiger partial charge >= 0.3 is 0 Å². The molecule has 1 atom stereocenters. The molecule has 0 aliphatic carbocycles. The number of fused-ring (bicyclic) bond motifs is 1. The summed E-state index contributed by atoms with van der Waals surface area (Å²) in [5.74, 6) is 0. The highest BCUT2D eigenvalue weighted by Gasteiger charge is 2.43. The van der Waals surface area contributed by atoms with E-state index < -0.39 is 8.32 Å². The monoisotopic (exact) mass is 466 g/mol. The van der Waals surface area contributed by atoms with Crippen LogP contribution < -0.4 is 0 Å². The van der Waals surface area contributed by atoms with Gasteiger partial charge in [0, 0.05) is 6.42 Å². The van der Waals surface area contributed by atoms with Crippen LogP contribution in [0, 0.1) is 0 Å². The second kappa shape index (κ2) is 7.93. The molecule has 2 aromatic rings. The second-order valence-corrected chi connectivity index (χ2v) is 13.9. The molecule has 2 aromatic carbocycles. The molecule has 1 unspecified atom stereocenters. The topological polar surface area (TPSA) is 9.23 Å². The number of halogens is 1. The summed E-state index contributed by atoms with van der Waals surface area (Å²) in [6.45, 7) is 13.9. The highest BCUT2D eigenvalue weighted by Crippen LogP contribution is 2.41. The van der Waals surface area contributed by atoms with E-state index in [2.05, 4.69) is 116 Å². The van der Waals surface area contributed by atoms with Crippen LogP contribution in [0.1, 0.15) is 39.7 Å². The second-order valence-electron chi connectivity index (χ2n) is 8.43. The predicted octanol–water partition coefficient (Wildman–Crippen LogP) is 7.50. The molecule has 0 aliphatic rings. The van der Waals surface area contributed by atoms with Gasteiger partial charge in [-0.25, -0.2) is 0 Å². The third kappa shape index (κ3) is 4.95. The molecule has 0 aromatic heterocycles. The third-order valence-corrected chi connectivity index (χ3v) is 10.4. The Labute approximate surface area is 168 Å². The summed E-state index contributed by atoms with van der Waals surface area (Å²) >= 11 is 2.32. The van der Waals surface area contributed by atoms with Gasteiger partial charge in [0.25, 0.3) is 0 Å². The molecule has 25 heavy (non-hydrogen) atoms. The Bertz CT molecular complexity index is 745. The lowest BCUT2D eigenvalue weighted by Crippen LogP contribution is -2.49. The van der Waals surface area contributed by atoms with Crippen LogP contribution in [0.15, 0.2) is 52.6 Å². The molecule has 3 heteroatoms. The average molecular weight is 466 g/mol. The van der Waals surface area contributed by atoms with E-state index in [1.807, 2.05) is 0 Å². The quantitative estimate of drug-likeness (QED) is 0.316. The molecule has 2 rings (SSSR count). The summed E-state index contributed by atoms with van der Waals surface area (Å²) in [4.78, 5) is 0. The largest absolute Gasteiger partial charge is 0.408 e. The fourth-order valence-electron chi connectivity index (χ4n) is 2.91. The molecular weight excluding hydrogens is 435 g/mol.